The van der Waals surface area contributed by atoms with Gasteiger partial charge in [-0.2, -0.15) is 0 Å². The van der Waals surface area contributed by atoms with Gasteiger partial charge in [-0.05, 0) is 68.1 Å². The summed E-state index contributed by atoms with van der Waals surface area (Å²) in [6.45, 7) is 3.44. The fourth-order valence-corrected chi connectivity index (χ4v) is 4.64. The fourth-order valence-electron chi connectivity index (χ4n) is 4.64. The molecule has 7 nitrogen and oxygen atoms in total. The van der Waals surface area contributed by atoms with Gasteiger partial charge < -0.3 is 15.1 Å². The van der Waals surface area contributed by atoms with Crippen molar-refractivity contribution >= 4 is 23.4 Å². The number of rotatable bonds is 8. The third-order valence-corrected chi connectivity index (χ3v) is 6.42. The number of amides is 3. The molecule has 1 aliphatic rings. The molecule has 36 heavy (non-hydrogen) atoms. The van der Waals surface area contributed by atoms with E-state index >= 15 is 0 Å². The van der Waals surface area contributed by atoms with Crippen molar-refractivity contribution in [3.05, 3.63) is 89.1 Å². The molecule has 1 aromatic heterocycles. The second-order valence-corrected chi connectivity index (χ2v) is 9.16. The minimum absolute atomic E-state index is 0.0233. The number of furan rings is 1. The van der Waals surface area contributed by atoms with E-state index in [1.54, 1.807) is 12.1 Å². The SMILES string of the molecule is Cc1ccc(N(C(=O)CNC(=O)c2ccco2)C(C(=O)NC2CCCC2)c2ccc(F)cc2)c(C)c1. The van der Waals surface area contributed by atoms with Gasteiger partial charge in [0.05, 0.1) is 12.8 Å². The summed E-state index contributed by atoms with van der Waals surface area (Å²) in [5.74, 6) is -1.74. The number of halogens is 1. The van der Waals surface area contributed by atoms with Crippen molar-refractivity contribution in [3.63, 3.8) is 0 Å². The molecular weight excluding hydrogens is 461 g/mol. The molecule has 2 aromatic carbocycles. The Balaban J connectivity index is 1.71. The Bertz CT molecular complexity index is 1220. The zero-order chi connectivity index (χ0) is 25.7. The van der Waals surface area contributed by atoms with Gasteiger partial charge in [0.25, 0.3) is 5.91 Å². The maximum Gasteiger partial charge on any atom is 0.287 e. The minimum atomic E-state index is -1.05. The molecule has 0 spiro atoms. The maximum absolute atomic E-state index is 13.8. The third-order valence-electron chi connectivity index (χ3n) is 6.42. The number of hydrogen-bond donors (Lipinski definition) is 2. The van der Waals surface area contributed by atoms with E-state index in [0.29, 0.717) is 11.3 Å². The quantitative estimate of drug-likeness (QED) is 0.482. The first kappa shape index (κ1) is 25.2. The highest BCUT2D eigenvalue weighted by molar-refractivity contribution is 6.04. The number of carbonyl (C=O) groups excluding carboxylic acids is 3. The number of aryl methyl sites for hydroxylation is 2. The average Bonchev–Trinajstić information content (AvgIpc) is 3.57. The second-order valence-electron chi connectivity index (χ2n) is 9.16. The number of benzene rings is 2. The molecule has 1 aliphatic carbocycles. The number of anilines is 1. The maximum atomic E-state index is 13.8. The fraction of sp³-hybridized carbons (Fsp3) is 0.321. The number of hydrogen-bond acceptors (Lipinski definition) is 4. The highest BCUT2D eigenvalue weighted by Crippen LogP contribution is 2.32. The van der Waals surface area contributed by atoms with Crippen LogP contribution in [0, 0.1) is 19.7 Å². The van der Waals surface area contributed by atoms with Crippen LogP contribution in [-0.4, -0.2) is 30.3 Å². The monoisotopic (exact) mass is 491 g/mol. The Morgan fingerprint density at radius 2 is 1.78 bits per heavy atom. The van der Waals surface area contributed by atoms with E-state index in [4.69, 9.17) is 4.42 Å². The predicted octanol–water partition coefficient (Wildman–Crippen LogP) is 4.60. The lowest BCUT2D eigenvalue weighted by Gasteiger charge is -2.33. The van der Waals surface area contributed by atoms with E-state index in [1.165, 1.54) is 41.5 Å². The molecule has 0 saturated heterocycles. The minimum Gasteiger partial charge on any atom is -0.459 e. The summed E-state index contributed by atoms with van der Waals surface area (Å²) in [7, 11) is 0. The van der Waals surface area contributed by atoms with Gasteiger partial charge >= 0.3 is 0 Å². The Labute approximate surface area is 209 Å². The van der Waals surface area contributed by atoms with Crippen LogP contribution in [0.2, 0.25) is 0 Å². The largest absolute Gasteiger partial charge is 0.459 e. The van der Waals surface area contributed by atoms with E-state index < -0.39 is 23.7 Å². The summed E-state index contributed by atoms with van der Waals surface area (Å²) in [6, 6.07) is 13.2. The lowest BCUT2D eigenvalue weighted by atomic mass is 10.0. The molecule has 0 bridgehead atoms. The summed E-state index contributed by atoms with van der Waals surface area (Å²) in [4.78, 5) is 41.2. The number of carbonyl (C=O) groups is 3. The van der Waals surface area contributed by atoms with Gasteiger partial charge in [0.2, 0.25) is 11.8 Å². The molecule has 1 heterocycles. The van der Waals surface area contributed by atoms with Gasteiger partial charge in [0.15, 0.2) is 5.76 Å². The van der Waals surface area contributed by atoms with Crippen molar-refractivity contribution in [2.24, 2.45) is 0 Å². The van der Waals surface area contributed by atoms with Crippen molar-refractivity contribution in [2.45, 2.75) is 51.6 Å². The first-order valence-electron chi connectivity index (χ1n) is 12.1. The molecule has 1 atom stereocenters. The molecule has 1 fully saturated rings. The van der Waals surface area contributed by atoms with Crippen LogP contribution >= 0.6 is 0 Å². The molecule has 1 unspecified atom stereocenters. The van der Waals surface area contributed by atoms with E-state index in [2.05, 4.69) is 10.6 Å². The van der Waals surface area contributed by atoms with Crippen molar-refractivity contribution in [3.8, 4) is 0 Å². The summed E-state index contributed by atoms with van der Waals surface area (Å²) < 4.78 is 18.9. The van der Waals surface area contributed by atoms with Crippen molar-refractivity contribution in [1.82, 2.24) is 10.6 Å². The first-order chi connectivity index (χ1) is 17.3. The average molecular weight is 492 g/mol. The first-order valence-corrected chi connectivity index (χ1v) is 12.1. The normalized spacial score (nSPS) is 14.3. The van der Waals surface area contributed by atoms with Gasteiger partial charge in [-0.25, -0.2) is 4.39 Å². The van der Waals surface area contributed by atoms with Gasteiger partial charge in [0, 0.05) is 11.7 Å². The van der Waals surface area contributed by atoms with Gasteiger partial charge in [-0.15, -0.1) is 0 Å². The van der Waals surface area contributed by atoms with Gasteiger partial charge in [-0.1, -0.05) is 42.7 Å². The van der Waals surface area contributed by atoms with Crippen LogP contribution in [0.3, 0.4) is 0 Å². The van der Waals surface area contributed by atoms with Crippen LogP contribution in [0.5, 0.6) is 0 Å². The van der Waals surface area contributed by atoms with Gasteiger partial charge in [-0.3, -0.25) is 19.3 Å². The number of nitrogens with zero attached hydrogens (tertiary/aromatic N) is 1. The highest BCUT2D eigenvalue weighted by Gasteiger charge is 2.35. The Kier molecular flexibility index (Phi) is 7.83. The Morgan fingerprint density at radius 3 is 2.42 bits per heavy atom. The van der Waals surface area contributed by atoms with Crippen LogP contribution in [0.1, 0.15) is 59.0 Å². The van der Waals surface area contributed by atoms with Crippen LogP contribution in [0.15, 0.2) is 65.3 Å². The molecule has 8 heteroatoms. The molecule has 3 aromatic rings. The Hall–Kier alpha value is -3.94. The van der Waals surface area contributed by atoms with Gasteiger partial charge in [0.1, 0.15) is 11.9 Å². The highest BCUT2D eigenvalue weighted by atomic mass is 19.1. The van der Waals surface area contributed by atoms with Crippen molar-refractivity contribution in [1.29, 1.82) is 0 Å². The lowest BCUT2D eigenvalue weighted by Crippen LogP contribution is -2.49. The van der Waals surface area contributed by atoms with Crippen LogP contribution in [-0.2, 0) is 9.59 Å². The predicted molar refractivity (Wildman–Crippen MR) is 134 cm³/mol. The second kappa shape index (κ2) is 11.2. The van der Waals surface area contributed by atoms with E-state index in [9.17, 15) is 18.8 Å². The molecule has 3 amide bonds. The molecule has 2 N–H and O–H groups in total. The van der Waals surface area contributed by atoms with Crippen LogP contribution in [0.4, 0.5) is 10.1 Å². The summed E-state index contributed by atoms with van der Waals surface area (Å²) in [5.41, 5.74) is 2.80. The third kappa shape index (κ3) is 5.82. The summed E-state index contributed by atoms with van der Waals surface area (Å²) >= 11 is 0. The molecular formula is C28H30FN3O4. The van der Waals surface area contributed by atoms with Crippen molar-refractivity contribution < 1.29 is 23.2 Å². The summed E-state index contributed by atoms with van der Waals surface area (Å²) in [6.07, 6.45) is 5.18. The summed E-state index contributed by atoms with van der Waals surface area (Å²) in [5, 5.41) is 5.66. The number of nitrogens with one attached hydrogen (secondary N) is 2. The van der Waals surface area contributed by atoms with E-state index in [1.807, 2.05) is 26.0 Å². The molecule has 188 valence electrons. The molecule has 0 aliphatic heterocycles. The van der Waals surface area contributed by atoms with E-state index in [-0.39, 0.29) is 24.3 Å². The van der Waals surface area contributed by atoms with Crippen molar-refractivity contribution in [2.75, 3.05) is 11.4 Å². The molecule has 0 radical (unpaired) electrons. The lowest BCUT2D eigenvalue weighted by molar-refractivity contribution is -0.126. The Morgan fingerprint density at radius 1 is 1.06 bits per heavy atom. The molecule has 4 rings (SSSR count). The smallest absolute Gasteiger partial charge is 0.287 e. The van der Waals surface area contributed by atoms with Crippen LogP contribution in [0.25, 0.3) is 0 Å². The molecule has 1 saturated carbocycles. The topological polar surface area (TPSA) is 91.7 Å². The standard InChI is InChI=1S/C28H30FN3O4/c1-18-9-14-23(19(2)16-18)32(25(33)17-30-27(34)24-8-5-15-36-24)26(20-10-12-21(29)13-11-20)28(35)31-22-6-3-4-7-22/h5,8-16,22,26H,3-4,6-7,17H2,1-2H3,(H,30,34)(H,31,35). The zero-order valence-corrected chi connectivity index (χ0v) is 20.4. The van der Waals surface area contributed by atoms with Crippen LogP contribution < -0.4 is 15.5 Å². The zero-order valence-electron chi connectivity index (χ0n) is 20.4. The van der Waals surface area contributed by atoms with E-state index in [0.717, 1.165) is 36.8 Å².